The molecule has 2 N–H and O–H groups in total. The van der Waals surface area contributed by atoms with Crippen LogP contribution in [0, 0.1) is 5.82 Å². The summed E-state index contributed by atoms with van der Waals surface area (Å²) < 4.78 is 13.6. The molecule has 1 aromatic heterocycles. The van der Waals surface area contributed by atoms with E-state index in [1.165, 1.54) is 6.07 Å². The second-order valence-corrected chi connectivity index (χ2v) is 4.88. The Kier molecular flexibility index (Phi) is 4.08. The zero-order valence-corrected chi connectivity index (χ0v) is 11.2. The zero-order chi connectivity index (χ0) is 13.1. The second-order valence-electron chi connectivity index (χ2n) is 4.41. The Hall–Kier alpha value is -1.27. The molecule has 1 aliphatic rings. The Labute approximate surface area is 112 Å². The molecule has 0 bridgehead atoms. The molecule has 2 heterocycles. The van der Waals surface area contributed by atoms with Crippen LogP contribution in [0.2, 0.25) is 0 Å². The number of hydrogen-bond donors (Lipinski definition) is 1. The highest BCUT2D eigenvalue weighted by molar-refractivity contribution is 7.80. The Bertz CT molecular complexity index is 432. The lowest BCUT2D eigenvalue weighted by Gasteiger charge is -2.38. The van der Waals surface area contributed by atoms with E-state index in [1.54, 1.807) is 12.3 Å². The van der Waals surface area contributed by atoms with E-state index in [4.69, 9.17) is 18.0 Å². The summed E-state index contributed by atoms with van der Waals surface area (Å²) in [5, 5.41) is 0. The van der Waals surface area contributed by atoms with Gasteiger partial charge in [-0.3, -0.25) is 4.90 Å². The summed E-state index contributed by atoms with van der Waals surface area (Å²) in [4.78, 5) is 8.76. The number of nitrogens with zero attached hydrogens (tertiary/aromatic N) is 3. The number of rotatable bonds is 3. The highest BCUT2D eigenvalue weighted by atomic mass is 32.1. The third-order valence-electron chi connectivity index (χ3n) is 3.31. The monoisotopic (exact) mass is 268 g/mol. The number of anilines is 1. The molecule has 4 nitrogen and oxygen atoms in total. The number of hydrogen-bond acceptors (Lipinski definition) is 4. The van der Waals surface area contributed by atoms with Crippen LogP contribution in [0.4, 0.5) is 10.2 Å². The minimum atomic E-state index is -0.270. The number of aromatic nitrogens is 1. The van der Waals surface area contributed by atoms with Crippen LogP contribution in [0.15, 0.2) is 18.3 Å². The van der Waals surface area contributed by atoms with Gasteiger partial charge in [0.05, 0.1) is 11.0 Å². The molecule has 0 aliphatic carbocycles. The first kappa shape index (κ1) is 13.2. The molecule has 0 amide bonds. The summed E-state index contributed by atoms with van der Waals surface area (Å²) in [5.41, 5.74) is 5.64. The fourth-order valence-electron chi connectivity index (χ4n) is 2.11. The summed E-state index contributed by atoms with van der Waals surface area (Å²) in [7, 11) is 0. The van der Waals surface area contributed by atoms with Crippen molar-refractivity contribution in [2.24, 2.45) is 5.73 Å². The second kappa shape index (κ2) is 5.58. The zero-order valence-electron chi connectivity index (χ0n) is 10.3. The maximum absolute atomic E-state index is 13.6. The Balaban J connectivity index is 1.99. The first-order chi connectivity index (χ1) is 8.59. The molecular weight excluding hydrogens is 251 g/mol. The van der Waals surface area contributed by atoms with Gasteiger partial charge in [0.1, 0.15) is 0 Å². The number of nitrogens with two attached hydrogens (primary N) is 1. The van der Waals surface area contributed by atoms with Gasteiger partial charge in [0.15, 0.2) is 11.6 Å². The van der Waals surface area contributed by atoms with Crippen molar-refractivity contribution in [2.75, 3.05) is 31.1 Å². The first-order valence-electron chi connectivity index (χ1n) is 5.98. The lowest BCUT2D eigenvalue weighted by atomic mass is 10.2. The van der Waals surface area contributed by atoms with Gasteiger partial charge in [0, 0.05) is 32.4 Å². The van der Waals surface area contributed by atoms with Gasteiger partial charge < -0.3 is 10.6 Å². The third-order valence-corrected chi connectivity index (χ3v) is 3.65. The number of halogens is 1. The van der Waals surface area contributed by atoms with Crippen molar-refractivity contribution < 1.29 is 4.39 Å². The summed E-state index contributed by atoms with van der Waals surface area (Å²) in [6, 6.07) is 3.13. The van der Waals surface area contributed by atoms with E-state index in [9.17, 15) is 4.39 Å². The molecule has 1 aromatic rings. The first-order valence-corrected chi connectivity index (χ1v) is 6.39. The number of pyridine rings is 1. The van der Waals surface area contributed by atoms with Gasteiger partial charge in [-0.1, -0.05) is 12.2 Å². The van der Waals surface area contributed by atoms with Crippen LogP contribution in [-0.2, 0) is 0 Å². The van der Waals surface area contributed by atoms with Crippen molar-refractivity contribution in [1.82, 2.24) is 9.88 Å². The molecule has 2 rings (SSSR count). The van der Waals surface area contributed by atoms with Crippen LogP contribution in [0.5, 0.6) is 0 Å². The van der Waals surface area contributed by atoms with Gasteiger partial charge in [0.25, 0.3) is 0 Å². The van der Waals surface area contributed by atoms with Crippen LogP contribution in [-0.4, -0.2) is 47.1 Å². The van der Waals surface area contributed by atoms with E-state index in [2.05, 4.69) is 9.88 Å². The van der Waals surface area contributed by atoms with Crippen molar-refractivity contribution >= 4 is 23.0 Å². The van der Waals surface area contributed by atoms with Gasteiger partial charge in [0.2, 0.25) is 0 Å². The van der Waals surface area contributed by atoms with Gasteiger partial charge in [-0.25, -0.2) is 9.37 Å². The molecule has 0 radical (unpaired) electrons. The molecular formula is C12H17FN4S. The minimum absolute atomic E-state index is 0.0933. The molecule has 0 saturated carbocycles. The van der Waals surface area contributed by atoms with E-state index >= 15 is 0 Å². The van der Waals surface area contributed by atoms with Gasteiger partial charge in [-0.2, -0.15) is 0 Å². The molecule has 1 fully saturated rings. The third kappa shape index (κ3) is 2.76. The molecule has 1 atom stereocenters. The van der Waals surface area contributed by atoms with E-state index < -0.39 is 0 Å². The number of piperazine rings is 1. The predicted octanol–water partition coefficient (Wildman–Crippen LogP) is 1.02. The van der Waals surface area contributed by atoms with Crippen LogP contribution in [0.3, 0.4) is 0 Å². The lowest BCUT2D eigenvalue weighted by molar-refractivity contribution is 0.238. The van der Waals surface area contributed by atoms with Crippen LogP contribution in [0.25, 0.3) is 0 Å². The molecule has 6 heteroatoms. The molecule has 0 spiro atoms. The van der Waals surface area contributed by atoms with E-state index in [0.717, 1.165) is 26.2 Å². The summed E-state index contributed by atoms with van der Waals surface area (Å²) in [5.74, 6) is 0.161. The van der Waals surface area contributed by atoms with Crippen molar-refractivity contribution in [3.63, 3.8) is 0 Å². The highest BCUT2D eigenvalue weighted by Gasteiger charge is 2.24. The maximum Gasteiger partial charge on any atom is 0.165 e. The van der Waals surface area contributed by atoms with E-state index in [0.29, 0.717) is 10.8 Å². The van der Waals surface area contributed by atoms with Crippen molar-refractivity contribution in [3.8, 4) is 0 Å². The highest BCUT2D eigenvalue weighted by Crippen LogP contribution is 2.17. The van der Waals surface area contributed by atoms with Crippen molar-refractivity contribution in [1.29, 1.82) is 0 Å². The molecule has 1 saturated heterocycles. The average molecular weight is 268 g/mol. The summed E-state index contributed by atoms with van der Waals surface area (Å²) >= 11 is 4.99. The normalized spacial score (nSPS) is 18.7. The quantitative estimate of drug-likeness (QED) is 0.829. The Morgan fingerprint density at radius 1 is 1.44 bits per heavy atom. The van der Waals surface area contributed by atoms with Crippen molar-refractivity contribution in [3.05, 3.63) is 24.1 Å². The summed E-state index contributed by atoms with van der Waals surface area (Å²) in [6.07, 6.45) is 1.61. The summed E-state index contributed by atoms with van der Waals surface area (Å²) in [6.45, 7) is 5.10. The van der Waals surface area contributed by atoms with E-state index in [1.807, 2.05) is 11.8 Å². The molecule has 18 heavy (non-hydrogen) atoms. The molecule has 1 unspecified atom stereocenters. The van der Waals surface area contributed by atoms with Crippen LogP contribution >= 0.6 is 12.2 Å². The fourth-order valence-corrected chi connectivity index (χ4v) is 2.26. The molecule has 0 aromatic carbocycles. The SMILES string of the molecule is CC(C(N)=S)N1CCN(c2ncccc2F)CC1. The lowest BCUT2D eigenvalue weighted by Crippen LogP contribution is -2.53. The van der Waals surface area contributed by atoms with Crippen LogP contribution < -0.4 is 10.6 Å². The predicted molar refractivity (Wildman–Crippen MR) is 74.2 cm³/mol. The maximum atomic E-state index is 13.6. The minimum Gasteiger partial charge on any atom is -0.392 e. The largest absolute Gasteiger partial charge is 0.392 e. The Morgan fingerprint density at radius 3 is 2.67 bits per heavy atom. The van der Waals surface area contributed by atoms with Gasteiger partial charge in [-0.05, 0) is 19.1 Å². The molecule has 1 aliphatic heterocycles. The fraction of sp³-hybridized carbons (Fsp3) is 0.500. The average Bonchev–Trinajstić information content (AvgIpc) is 2.38. The van der Waals surface area contributed by atoms with Crippen LogP contribution in [0.1, 0.15) is 6.92 Å². The standard InChI is InChI=1S/C12H17FN4S/c1-9(11(14)18)16-5-7-17(8-6-16)12-10(13)3-2-4-15-12/h2-4,9H,5-8H2,1H3,(H2,14,18). The Morgan fingerprint density at radius 2 is 2.11 bits per heavy atom. The molecule has 98 valence electrons. The topological polar surface area (TPSA) is 45.4 Å². The smallest absolute Gasteiger partial charge is 0.165 e. The van der Waals surface area contributed by atoms with Gasteiger partial charge in [-0.15, -0.1) is 0 Å². The van der Waals surface area contributed by atoms with Crippen molar-refractivity contribution in [2.45, 2.75) is 13.0 Å². The van der Waals surface area contributed by atoms with E-state index in [-0.39, 0.29) is 11.9 Å². The number of thiocarbonyl (C=S) groups is 1. The van der Waals surface area contributed by atoms with Gasteiger partial charge >= 0.3 is 0 Å².